The van der Waals surface area contributed by atoms with Crippen molar-refractivity contribution < 1.29 is 19.0 Å². The Bertz CT molecular complexity index is 618. The highest BCUT2D eigenvalue weighted by molar-refractivity contribution is 5.77. The molecule has 24 heavy (non-hydrogen) atoms. The molecule has 1 saturated heterocycles. The first kappa shape index (κ1) is 17.2. The lowest BCUT2D eigenvalue weighted by atomic mass is 9.99. The van der Waals surface area contributed by atoms with Crippen LogP contribution in [0.4, 0.5) is 4.39 Å². The molecule has 1 heterocycles. The molecule has 1 aromatic rings. The second-order valence-corrected chi connectivity index (χ2v) is 7.21. The van der Waals surface area contributed by atoms with Crippen molar-refractivity contribution >= 4 is 5.91 Å². The molecule has 2 atom stereocenters. The molecule has 132 valence electrons. The van der Waals surface area contributed by atoms with Crippen LogP contribution >= 0.6 is 0 Å². The molecule has 5 nitrogen and oxygen atoms in total. The molecule has 6 heteroatoms. The van der Waals surface area contributed by atoms with E-state index in [1.54, 1.807) is 13.2 Å². The summed E-state index contributed by atoms with van der Waals surface area (Å²) in [6, 6.07) is 4.46. The van der Waals surface area contributed by atoms with E-state index < -0.39 is 6.10 Å². The van der Waals surface area contributed by atoms with Crippen molar-refractivity contribution in [1.82, 2.24) is 10.2 Å². The Kier molecular flexibility index (Phi) is 4.78. The van der Waals surface area contributed by atoms with Crippen molar-refractivity contribution in [3.8, 4) is 5.75 Å². The number of aliphatic hydroxyl groups is 1. The SMILES string of the molecule is COc1ccc(F)cc1CC1(NC(=O)C[C@@H]2CN(C)C[C@H]2O)CC1. The second-order valence-electron chi connectivity index (χ2n) is 7.21. The summed E-state index contributed by atoms with van der Waals surface area (Å²) < 4.78 is 18.8. The number of halogens is 1. The monoisotopic (exact) mass is 336 g/mol. The van der Waals surface area contributed by atoms with Crippen molar-refractivity contribution in [1.29, 1.82) is 0 Å². The van der Waals surface area contributed by atoms with Gasteiger partial charge in [0.2, 0.25) is 5.91 Å². The number of hydrogen-bond acceptors (Lipinski definition) is 4. The molecular weight excluding hydrogens is 311 g/mol. The summed E-state index contributed by atoms with van der Waals surface area (Å²) >= 11 is 0. The van der Waals surface area contributed by atoms with Gasteiger partial charge in [-0.3, -0.25) is 4.79 Å². The average Bonchev–Trinajstić information content (AvgIpc) is 3.17. The first-order valence-corrected chi connectivity index (χ1v) is 8.41. The molecule has 0 radical (unpaired) electrons. The molecule has 1 aliphatic carbocycles. The van der Waals surface area contributed by atoms with Gasteiger partial charge in [0.05, 0.1) is 13.2 Å². The Hall–Kier alpha value is -1.66. The van der Waals surface area contributed by atoms with Crippen LogP contribution in [0.2, 0.25) is 0 Å². The maximum Gasteiger partial charge on any atom is 0.220 e. The van der Waals surface area contributed by atoms with Crippen LogP contribution in [-0.2, 0) is 11.2 Å². The molecule has 3 rings (SSSR count). The third-order valence-corrected chi connectivity index (χ3v) is 5.07. The number of methoxy groups -OCH3 is 1. The Morgan fingerprint density at radius 2 is 2.21 bits per heavy atom. The Morgan fingerprint density at radius 1 is 1.46 bits per heavy atom. The molecule has 1 aliphatic heterocycles. The van der Waals surface area contributed by atoms with Gasteiger partial charge in [-0.2, -0.15) is 0 Å². The Labute approximate surface area is 141 Å². The molecule has 1 saturated carbocycles. The van der Waals surface area contributed by atoms with E-state index in [0.717, 1.165) is 24.9 Å². The third kappa shape index (κ3) is 3.87. The van der Waals surface area contributed by atoms with Crippen molar-refractivity contribution in [2.45, 2.75) is 37.3 Å². The normalized spacial score (nSPS) is 25.5. The molecule has 2 fully saturated rings. The number of nitrogens with zero attached hydrogens (tertiary/aromatic N) is 1. The quantitative estimate of drug-likeness (QED) is 0.823. The smallest absolute Gasteiger partial charge is 0.220 e. The lowest BCUT2D eigenvalue weighted by Gasteiger charge is -2.21. The summed E-state index contributed by atoms with van der Waals surface area (Å²) in [5.74, 6) is 0.284. The van der Waals surface area contributed by atoms with E-state index in [-0.39, 0.29) is 23.2 Å². The zero-order chi connectivity index (χ0) is 17.3. The predicted octanol–water partition coefficient (Wildman–Crippen LogP) is 1.34. The summed E-state index contributed by atoms with van der Waals surface area (Å²) in [6.45, 7) is 1.35. The number of β-amino-alcohol motifs (C(OH)–C–C–N with tert-alkyl or cyclic N) is 1. The highest BCUT2D eigenvalue weighted by Gasteiger charge is 2.45. The maximum atomic E-state index is 13.5. The van der Waals surface area contributed by atoms with Gasteiger partial charge < -0.3 is 20.1 Å². The summed E-state index contributed by atoms with van der Waals surface area (Å²) in [5.41, 5.74) is 0.476. The number of hydrogen-bond donors (Lipinski definition) is 2. The van der Waals surface area contributed by atoms with Crippen LogP contribution < -0.4 is 10.1 Å². The zero-order valence-corrected chi connectivity index (χ0v) is 14.2. The average molecular weight is 336 g/mol. The summed E-state index contributed by atoms with van der Waals surface area (Å²) in [7, 11) is 3.51. The molecular formula is C18H25FN2O3. The van der Waals surface area contributed by atoms with Crippen molar-refractivity contribution in [2.75, 3.05) is 27.2 Å². The van der Waals surface area contributed by atoms with Crippen molar-refractivity contribution in [3.05, 3.63) is 29.6 Å². The van der Waals surface area contributed by atoms with Crippen LogP contribution in [0.5, 0.6) is 5.75 Å². The fraction of sp³-hybridized carbons (Fsp3) is 0.611. The van der Waals surface area contributed by atoms with Gasteiger partial charge in [0.1, 0.15) is 11.6 Å². The van der Waals surface area contributed by atoms with E-state index in [2.05, 4.69) is 5.32 Å². The van der Waals surface area contributed by atoms with Gasteiger partial charge in [-0.1, -0.05) is 0 Å². The molecule has 1 aromatic carbocycles. The minimum Gasteiger partial charge on any atom is -0.496 e. The molecule has 0 aromatic heterocycles. The van der Waals surface area contributed by atoms with E-state index in [1.165, 1.54) is 12.1 Å². The third-order valence-electron chi connectivity index (χ3n) is 5.07. The fourth-order valence-corrected chi connectivity index (χ4v) is 3.60. The van der Waals surface area contributed by atoms with Gasteiger partial charge >= 0.3 is 0 Å². The number of likely N-dealkylation sites (N-methyl/N-ethyl adjacent to an activating group) is 1. The van der Waals surface area contributed by atoms with Crippen LogP contribution in [0, 0.1) is 11.7 Å². The van der Waals surface area contributed by atoms with Gasteiger partial charge in [0.15, 0.2) is 0 Å². The molecule has 0 spiro atoms. The lowest BCUT2D eigenvalue weighted by molar-refractivity contribution is -0.123. The molecule has 1 amide bonds. The van der Waals surface area contributed by atoms with Crippen molar-refractivity contribution in [2.24, 2.45) is 5.92 Å². The molecule has 2 N–H and O–H groups in total. The minimum atomic E-state index is -0.445. The number of amides is 1. The van der Waals surface area contributed by atoms with Gasteiger partial charge in [0.25, 0.3) is 0 Å². The number of carbonyl (C=O) groups excluding carboxylic acids is 1. The summed E-state index contributed by atoms with van der Waals surface area (Å²) in [6.07, 6.45) is 2.21. The number of carbonyl (C=O) groups is 1. The van der Waals surface area contributed by atoms with E-state index in [9.17, 15) is 14.3 Å². The van der Waals surface area contributed by atoms with Gasteiger partial charge in [-0.15, -0.1) is 0 Å². The number of rotatable bonds is 6. The van der Waals surface area contributed by atoms with Crippen LogP contribution in [-0.4, -0.2) is 54.8 Å². The fourth-order valence-electron chi connectivity index (χ4n) is 3.60. The first-order valence-electron chi connectivity index (χ1n) is 8.41. The number of nitrogens with one attached hydrogen (secondary N) is 1. The van der Waals surface area contributed by atoms with Crippen LogP contribution in [0.1, 0.15) is 24.8 Å². The first-order chi connectivity index (χ1) is 11.4. The molecule has 0 bridgehead atoms. The number of ether oxygens (including phenoxy) is 1. The van der Waals surface area contributed by atoms with Crippen LogP contribution in [0.25, 0.3) is 0 Å². The second kappa shape index (κ2) is 6.69. The zero-order valence-electron chi connectivity index (χ0n) is 14.2. The maximum absolute atomic E-state index is 13.5. The molecule has 2 aliphatic rings. The Balaban J connectivity index is 1.61. The van der Waals surface area contributed by atoms with Crippen LogP contribution in [0.3, 0.4) is 0 Å². The van der Waals surface area contributed by atoms with Gasteiger partial charge in [-0.25, -0.2) is 4.39 Å². The van der Waals surface area contributed by atoms with Gasteiger partial charge in [-0.05, 0) is 50.1 Å². The van der Waals surface area contributed by atoms with Gasteiger partial charge in [0, 0.05) is 31.0 Å². The number of likely N-dealkylation sites (tertiary alicyclic amines) is 1. The topological polar surface area (TPSA) is 61.8 Å². The van der Waals surface area contributed by atoms with E-state index in [4.69, 9.17) is 4.74 Å². The minimum absolute atomic E-state index is 0.0190. The van der Waals surface area contributed by atoms with Crippen molar-refractivity contribution in [3.63, 3.8) is 0 Å². The lowest BCUT2D eigenvalue weighted by Crippen LogP contribution is -2.40. The summed E-state index contributed by atoms with van der Waals surface area (Å²) in [4.78, 5) is 14.4. The highest BCUT2D eigenvalue weighted by Crippen LogP contribution is 2.40. The van der Waals surface area contributed by atoms with Crippen LogP contribution in [0.15, 0.2) is 18.2 Å². The molecule has 0 unspecified atom stereocenters. The Morgan fingerprint density at radius 3 is 2.79 bits per heavy atom. The van der Waals surface area contributed by atoms with E-state index in [1.807, 2.05) is 11.9 Å². The predicted molar refractivity (Wildman–Crippen MR) is 88.4 cm³/mol. The van der Waals surface area contributed by atoms with E-state index >= 15 is 0 Å². The number of benzene rings is 1. The highest BCUT2D eigenvalue weighted by atomic mass is 19.1. The van der Waals surface area contributed by atoms with E-state index in [0.29, 0.717) is 25.1 Å². The number of aliphatic hydroxyl groups excluding tert-OH is 1. The standard InChI is InChI=1S/C18H25FN2O3/c1-21-10-13(15(22)11-21)8-17(23)20-18(5-6-18)9-12-7-14(19)3-4-16(12)24-2/h3-4,7,13,15,22H,5-6,8-11H2,1-2H3,(H,20,23)/t13-,15-/m1/s1. The largest absolute Gasteiger partial charge is 0.496 e. The summed E-state index contributed by atoms with van der Waals surface area (Å²) in [5, 5.41) is 13.1.